The fraction of sp³-hybridized carbons (Fsp3) is 0.500. The van der Waals surface area contributed by atoms with E-state index in [4.69, 9.17) is 5.26 Å². The van der Waals surface area contributed by atoms with Crippen LogP contribution in [0.3, 0.4) is 0 Å². The molecular weight excluding hydrogens is 364 g/mol. The molecule has 1 atom stereocenters. The van der Waals surface area contributed by atoms with Crippen molar-refractivity contribution in [2.75, 3.05) is 49.6 Å². The Kier molecular flexibility index (Phi) is 5.29. The molecule has 152 valence electrons. The van der Waals surface area contributed by atoms with Gasteiger partial charge in [-0.25, -0.2) is 0 Å². The van der Waals surface area contributed by atoms with E-state index in [0.717, 1.165) is 43.2 Å². The van der Waals surface area contributed by atoms with Crippen molar-refractivity contribution in [1.29, 1.82) is 5.26 Å². The summed E-state index contributed by atoms with van der Waals surface area (Å²) in [5, 5.41) is 28.7. The highest BCUT2D eigenvalue weighted by molar-refractivity contribution is 5.78. The van der Waals surface area contributed by atoms with Crippen LogP contribution in [0.1, 0.15) is 30.9 Å². The predicted molar refractivity (Wildman–Crippen MR) is 114 cm³/mol. The zero-order valence-corrected chi connectivity index (χ0v) is 17.4. The largest absolute Gasteiger partial charge is 0.507 e. The Morgan fingerprint density at radius 3 is 2.76 bits per heavy atom. The molecule has 29 heavy (non-hydrogen) atoms. The number of hydrogen-bond donors (Lipinski definition) is 1. The Labute approximate surface area is 172 Å². The van der Waals surface area contributed by atoms with Crippen molar-refractivity contribution in [2.24, 2.45) is 0 Å². The molecule has 0 aliphatic carbocycles. The summed E-state index contributed by atoms with van der Waals surface area (Å²) in [6, 6.07) is 7.81. The number of aromatic nitrogens is 2. The molecule has 2 aromatic rings. The number of hydrogen-bond acceptors (Lipinski definition) is 7. The van der Waals surface area contributed by atoms with Crippen molar-refractivity contribution >= 4 is 11.5 Å². The van der Waals surface area contributed by atoms with Crippen LogP contribution in [0.15, 0.2) is 18.2 Å². The number of aryl methyl sites for hydroxylation is 1. The van der Waals surface area contributed by atoms with Crippen molar-refractivity contribution in [3.63, 3.8) is 0 Å². The lowest BCUT2D eigenvalue weighted by Crippen LogP contribution is -2.52. The molecule has 0 saturated carbocycles. The molecule has 1 aromatic carbocycles. The van der Waals surface area contributed by atoms with Crippen LogP contribution >= 0.6 is 0 Å². The SMILES string of the molecule is CCN1CCC[C@H](N2CCN(C)c3cc(-c4c(C)cc(C#N)cc4O)nnc32)C1. The van der Waals surface area contributed by atoms with Crippen LogP contribution in [0, 0.1) is 18.3 Å². The minimum Gasteiger partial charge on any atom is -0.507 e. The second-order valence-electron chi connectivity index (χ2n) is 8.04. The van der Waals surface area contributed by atoms with Gasteiger partial charge in [0.2, 0.25) is 0 Å². The second kappa shape index (κ2) is 7.88. The highest BCUT2D eigenvalue weighted by Gasteiger charge is 2.31. The number of nitrogens with zero attached hydrogens (tertiary/aromatic N) is 6. The number of nitriles is 1. The third-order valence-electron chi connectivity index (χ3n) is 6.18. The molecular formula is C22H28N6O. The molecule has 1 N–H and O–H groups in total. The normalized spacial score (nSPS) is 19.7. The first-order chi connectivity index (χ1) is 14.0. The van der Waals surface area contributed by atoms with Crippen molar-refractivity contribution < 1.29 is 5.11 Å². The van der Waals surface area contributed by atoms with Gasteiger partial charge < -0.3 is 19.8 Å². The van der Waals surface area contributed by atoms with E-state index in [1.54, 1.807) is 6.07 Å². The summed E-state index contributed by atoms with van der Waals surface area (Å²) >= 11 is 0. The fourth-order valence-electron chi connectivity index (χ4n) is 4.56. The Hall–Kier alpha value is -2.85. The summed E-state index contributed by atoms with van der Waals surface area (Å²) < 4.78 is 0. The van der Waals surface area contributed by atoms with Gasteiger partial charge in [-0.15, -0.1) is 10.2 Å². The summed E-state index contributed by atoms with van der Waals surface area (Å²) in [6.45, 7) is 9.31. The number of piperidine rings is 1. The van der Waals surface area contributed by atoms with E-state index in [0.29, 0.717) is 22.9 Å². The summed E-state index contributed by atoms with van der Waals surface area (Å²) in [5.74, 6) is 0.994. The van der Waals surface area contributed by atoms with Crippen LogP contribution in [0.5, 0.6) is 5.75 Å². The van der Waals surface area contributed by atoms with Gasteiger partial charge in [0.1, 0.15) is 5.75 Å². The molecule has 3 heterocycles. The van der Waals surface area contributed by atoms with Crippen LogP contribution in [-0.2, 0) is 0 Å². The quantitative estimate of drug-likeness (QED) is 0.860. The zero-order chi connectivity index (χ0) is 20.5. The van der Waals surface area contributed by atoms with Crippen molar-refractivity contribution in [1.82, 2.24) is 15.1 Å². The third-order valence-corrected chi connectivity index (χ3v) is 6.18. The Morgan fingerprint density at radius 2 is 2.03 bits per heavy atom. The number of likely N-dealkylation sites (tertiary alicyclic amines) is 1. The number of rotatable bonds is 3. The molecule has 1 fully saturated rings. The van der Waals surface area contributed by atoms with E-state index in [1.807, 2.05) is 13.0 Å². The monoisotopic (exact) mass is 392 g/mol. The molecule has 0 spiro atoms. The van der Waals surface area contributed by atoms with E-state index < -0.39 is 0 Å². The van der Waals surface area contributed by atoms with E-state index in [1.165, 1.54) is 25.5 Å². The molecule has 0 amide bonds. The van der Waals surface area contributed by atoms with E-state index in [-0.39, 0.29) is 5.75 Å². The predicted octanol–water partition coefficient (Wildman–Crippen LogP) is 2.77. The highest BCUT2D eigenvalue weighted by Crippen LogP contribution is 2.38. The molecule has 0 unspecified atom stereocenters. The van der Waals surface area contributed by atoms with Crippen molar-refractivity contribution in [3.05, 3.63) is 29.3 Å². The number of phenolic OH excluding ortho intramolecular Hbond substituents is 1. The minimum atomic E-state index is 0.0667. The lowest BCUT2D eigenvalue weighted by molar-refractivity contribution is 0.212. The number of benzene rings is 1. The van der Waals surface area contributed by atoms with Crippen molar-refractivity contribution in [2.45, 2.75) is 32.7 Å². The molecule has 7 heteroatoms. The van der Waals surface area contributed by atoms with Gasteiger partial charge in [-0.3, -0.25) is 0 Å². The first kappa shape index (κ1) is 19.5. The number of phenols is 1. The zero-order valence-electron chi connectivity index (χ0n) is 17.4. The lowest BCUT2D eigenvalue weighted by atomic mass is 10.00. The first-order valence-corrected chi connectivity index (χ1v) is 10.3. The Morgan fingerprint density at radius 1 is 1.21 bits per heavy atom. The van der Waals surface area contributed by atoms with Crippen LogP contribution < -0.4 is 9.80 Å². The molecule has 7 nitrogen and oxygen atoms in total. The molecule has 0 bridgehead atoms. The van der Waals surface area contributed by atoms with Gasteiger partial charge in [0.25, 0.3) is 0 Å². The molecule has 2 aliphatic heterocycles. The van der Waals surface area contributed by atoms with Gasteiger partial charge in [0.15, 0.2) is 5.82 Å². The second-order valence-corrected chi connectivity index (χ2v) is 8.04. The lowest BCUT2D eigenvalue weighted by Gasteiger charge is -2.44. The maximum Gasteiger partial charge on any atom is 0.175 e. The molecule has 1 saturated heterocycles. The maximum absolute atomic E-state index is 10.5. The summed E-state index contributed by atoms with van der Waals surface area (Å²) in [7, 11) is 2.08. The molecule has 1 aromatic heterocycles. The van der Waals surface area contributed by atoms with Gasteiger partial charge >= 0.3 is 0 Å². The minimum absolute atomic E-state index is 0.0667. The van der Waals surface area contributed by atoms with E-state index >= 15 is 0 Å². The van der Waals surface area contributed by atoms with Gasteiger partial charge in [0, 0.05) is 38.3 Å². The molecule has 0 radical (unpaired) electrons. The van der Waals surface area contributed by atoms with Gasteiger partial charge in [-0.2, -0.15) is 5.26 Å². The smallest absolute Gasteiger partial charge is 0.175 e. The standard InChI is InChI=1S/C22H28N6O/c1-4-27-7-5-6-17(14-27)28-9-8-26(3)19-12-18(24-25-22(19)28)21-15(2)10-16(13-23)11-20(21)29/h10-12,17,29H,4-9,14H2,1-3H3/t17-/m0/s1. The summed E-state index contributed by atoms with van der Waals surface area (Å²) in [4.78, 5) is 7.13. The van der Waals surface area contributed by atoms with Crippen LogP contribution in [0.2, 0.25) is 0 Å². The fourth-order valence-corrected chi connectivity index (χ4v) is 4.56. The topological polar surface area (TPSA) is 79.5 Å². The number of aromatic hydroxyl groups is 1. The Bertz CT molecular complexity index is 930. The average molecular weight is 393 g/mol. The average Bonchev–Trinajstić information content (AvgIpc) is 2.73. The highest BCUT2D eigenvalue weighted by atomic mass is 16.3. The Balaban J connectivity index is 1.71. The number of anilines is 2. The first-order valence-electron chi connectivity index (χ1n) is 10.3. The van der Waals surface area contributed by atoms with Gasteiger partial charge in [0.05, 0.1) is 23.0 Å². The van der Waals surface area contributed by atoms with Gasteiger partial charge in [-0.1, -0.05) is 6.92 Å². The maximum atomic E-state index is 10.5. The van der Waals surface area contributed by atoms with Crippen LogP contribution in [0.25, 0.3) is 11.3 Å². The molecule has 4 rings (SSSR count). The van der Waals surface area contributed by atoms with Crippen LogP contribution in [0.4, 0.5) is 11.5 Å². The van der Waals surface area contributed by atoms with Crippen molar-refractivity contribution in [3.8, 4) is 23.1 Å². The van der Waals surface area contributed by atoms with Crippen LogP contribution in [-0.4, -0.2) is 66.0 Å². The number of likely N-dealkylation sites (N-methyl/N-ethyl adjacent to an activating group) is 2. The summed E-state index contributed by atoms with van der Waals surface area (Å²) in [6.07, 6.45) is 2.39. The van der Waals surface area contributed by atoms with E-state index in [2.05, 4.69) is 44.9 Å². The third kappa shape index (κ3) is 3.60. The summed E-state index contributed by atoms with van der Waals surface area (Å²) in [5.41, 5.74) is 3.57. The van der Waals surface area contributed by atoms with Gasteiger partial charge in [-0.05, 0) is 56.6 Å². The molecule has 2 aliphatic rings. The number of fused-ring (bicyclic) bond motifs is 1. The van der Waals surface area contributed by atoms with E-state index in [9.17, 15) is 5.11 Å².